The number of esters is 1. The van der Waals surface area contributed by atoms with Crippen molar-refractivity contribution in [2.45, 2.75) is 77.7 Å². The first-order valence-corrected chi connectivity index (χ1v) is 9.84. The maximum atomic E-state index is 12.5. The third kappa shape index (κ3) is 9.76. The molecule has 0 spiro atoms. The van der Waals surface area contributed by atoms with Crippen molar-refractivity contribution in [1.82, 2.24) is 5.32 Å². The lowest BCUT2D eigenvalue weighted by molar-refractivity contribution is -0.167. The Labute approximate surface area is 173 Å². The number of amides is 1. The highest BCUT2D eigenvalue weighted by Gasteiger charge is 2.45. The molecule has 1 fully saturated rings. The molecular weight excluding hydrogens is 374 g/mol. The molecule has 0 saturated carbocycles. The van der Waals surface area contributed by atoms with E-state index in [9.17, 15) is 9.59 Å². The monoisotopic (exact) mass is 409 g/mol. The molecule has 1 aliphatic heterocycles. The molecule has 0 bridgehead atoms. The predicted octanol–water partition coefficient (Wildman–Crippen LogP) is 3.58. The molecular formula is C22H35NO6. The van der Waals surface area contributed by atoms with E-state index < -0.39 is 28.8 Å². The smallest absolute Gasteiger partial charge is 0.408 e. The van der Waals surface area contributed by atoms with Crippen LogP contribution in [-0.2, 0) is 25.6 Å². The Kier molecular flexibility index (Phi) is 9.11. The van der Waals surface area contributed by atoms with Crippen LogP contribution in [0, 0.1) is 0 Å². The number of carbonyl (C=O) groups excluding carboxylic acids is 2. The van der Waals surface area contributed by atoms with Gasteiger partial charge in [0.2, 0.25) is 0 Å². The van der Waals surface area contributed by atoms with E-state index in [0.717, 1.165) is 5.56 Å². The van der Waals surface area contributed by atoms with Gasteiger partial charge in [0.1, 0.15) is 16.7 Å². The van der Waals surface area contributed by atoms with Crippen molar-refractivity contribution in [1.29, 1.82) is 0 Å². The summed E-state index contributed by atoms with van der Waals surface area (Å²) >= 11 is 0. The summed E-state index contributed by atoms with van der Waals surface area (Å²) in [5.74, 6) is -0.441. The second-order valence-corrected chi connectivity index (χ2v) is 8.97. The minimum absolute atomic E-state index is 0.140. The van der Waals surface area contributed by atoms with E-state index in [1.807, 2.05) is 30.3 Å². The van der Waals surface area contributed by atoms with Crippen LogP contribution in [0.15, 0.2) is 30.3 Å². The molecule has 1 aromatic carbocycles. The molecule has 29 heavy (non-hydrogen) atoms. The average Bonchev–Trinajstić information content (AvgIpc) is 2.60. The Hall–Kier alpha value is -2.12. The van der Waals surface area contributed by atoms with Crippen LogP contribution in [0.2, 0.25) is 0 Å². The van der Waals surface area contributed by atoms with Crippen LogP contribution >= 0.6 is 0 Å². The highest BCUT2D eigenvalue weighted by atomic mass is 16.6. The summed E-state index contributed by atoms with van der Waals surface area (Å²) in [6.45, 7) is 11.7. The fourth-order valence-electron chi connectivity index (χ4n) is 2.56. The van der Waals surface area contributed by atoms with Gasteiger partial charge >= 0.3 is 12.1 Å². The van der Waals surface area contributed by atoms with Gasteiger partial charge in [-0.2, -0.15) is 0 Å². The van der Waals surface area contributed by atoms with Crippen molar-refractivity contribution in [3.63, 3.8) is 0 Å². The second kappa shape index (κ2) is 10.6. The maximum absolute atomic E-state index is 12.5. The van der Waals surface area contributed by atoms with Gasteiger partial charge in [0.25, 0.3) is 0 Å². The summed E-state index contributed by atoms with van der Waals surface area (Å²) in [6.07, 6.45) is 0.137. The van der Waals surface area contributed by atoms with Crippen LogP contribution < -0.4 is 5.32 Å². The van der Waals surface area contributed by atoms with E-state index in [4.69, 9.17) is 19.3 Å². The number of rotatable bonds is 3. The van der Waals surface area contributed by atoms with Crippen molar-refractivity contribution in [2.75, 3.05) is 13.2 Å². The van der Waals surface area contributed by atoms with Gasteiger partial charge in [-0.1, -0.05) is 30.3 Å². The van der Waals surface area contributed by atoms with E-state index in [2.05, 4.69) is 5.32 Å². The number of alkyl carbamates (subject to hydrolysis) is 1. The predicted molar refractivity (Wildman–Crippen MR) is 110 cm³/mol. The topological polar surface area (TPSA) is 94.1 Å². The summed E-state index contributed by atoms with van der Waals surface area (Å²) in [4.78, 5) is 24.5. The van der Waals surface area contributed by atoms with Crippen LogP contribution in [0.4, 0.5) is 4.79 Å². The zero-order chi connectivity index (χ0) is 22.1. The lowest BCUT2D eigenvalue weighted by Gasteiger charge is -2.37. The number of hydrogen-bond acceptors (Lipinski definition) is 6. The number of hydrogen-bond donors (Lipinski definition) is 2. The largest absolute Gasteiger partial charge is 0.458 e. The van der Waals surface area contributed by atoms with Gasteiger partial charge in [-0.3, -0.25) is 0 Å². The molecule has 0 unspecified atom stereocenters. The second-order valence-electron chi connectivity index (χ2n) is 8.97. The Morgan fingerprint density at radius 2 is 1.52 bits per heavy atom. The number of carbonyl (C=O) groups is 2. The van der Waals surface area contributed by atoms with Crippen molar-refractivity contribution in [3.8, 4) is 0 Å². The van der Waals surface area contributed by atoms with Gasteiger partial charge in [-0.15, -0.1) is 0 Å². The zero-order valence-corrected chi connectivity index (χ0v) is 18.4. The Morgan fingerprint density at radius 3 is 1.93 bits per heavy atom. The highest BCUT2D eigenvalue weighted by Crippen LogP contribution is 2.25. The number of nitrogens with one attached hydrogen (secondary N) is 1. The van der Waals surface area contributed by atoms with E-state index in [-0.39, 0.29) is 6.61 Å². The lowest BCUT2D eigenvalue weighted by Crippen LogP contribution is -2.59. The fourth-order valence-corrected chi connectivity index (χ4v) is 2.56. The quantitative estimate of drug-likeness (QED) is 0.741. The number of aliphatic hydroxyl groups excluding tert-OH is 1. The third-order valence-corrected chi connectivity index (χ3v) is 3.90. The van der Waals surface area contributed by atoms with Gasteiger partial charge in [0, 0.05) is 26.1 Å². The summed E-state index contributed by atoms with van der Waals surface area (Å²) in [6, 6.07) is 9.52. The first-order valence-electron chi connectivity index (χ1n) is 9.84. The summed E-state index contributed by atoms with van der Waals surface area (Å²) < 4.78 is 16.0. The Balaban J connectivity index is 0.000000436. The summed E-state index contributed by atoms with van der Waals surface area (Å²) in [5, 5.41) is 11.2. The van der Waals surface area contributed by atoms with Gasteiger partial charge in [-0.25, -0.2) is 9.59 Å². The molecule has 0 aliphatic carbocycles. The molecule has 1 saturated heterocycles. The Bertz CT molecular complexity index is 640. The molecule has 164 valence electrons. The minimum atomic E-state index is -1.08. The molecule has 1 heterocycles. The zero-order valence-electron chi connectivity index (χ0n) is 18.4. The van der Waals surface area contributed by atoms with Crippen LogP contribution in [0.25, 0.3) is 0 Å². The highest BCUT2D eigenvalue weighted by molar-refractivity contribution is 5.86. The average molecular weight is 410 g/mol. The molecule has 2 N–H and O–H groups in total. The molecule has 0 atom stereocenters. The van der Waals surface area contributed by atoms with Crippen molar-refractivity contribution < 1.29 is 28.9 Å². The molecule has 7 heteroatoms. The van der Waals surface area contributed by atoms with Gasteiger partial charge < -0.3 is 24.6 Å². The van der Waals surface area contributed by atoms with Gasteiger partial charge in [0.05, 0.1) is 6.61 Å². The van der Waals surface area contributed by atoms with E-state index in [0.29, 0.717) is 26.1 Å². The van der Waals surface area contributed by atoms with Gasteiger partial charge in [-0.05, 0) is 47.1 Å². The van der Waals surface area contributed by atoms with E-state index in [1.165, 1.54) is 0 Å². The molecule has 1 aromatic rings. The molecule has 0 aromatic heterocycles. The van der Waals surface area contributed by atoms with Crippen LogP contribution in [0.5, 0.6) is 0 Å². The van der Waals surface area contributed by atoms with Crippen LogP contribution in [-0.4, -0.2) is 47.1 Å². The van der Waals surface area contributed by atoms with Crippen molar-refractivity contribution in [2.24, 2.45) is 0 Å². The number of ether oxygens (including phenoxy) is 3. The molecule has 7 nitrogen and oxygen atoms in total. The first kappa shape index (κ1) is 24.9. The SMILES string of the molecule is CC(C)(C)OC(=O)NC1(C(=O)OC(C)(C)C)CCOCC1.OCc1ccccc1. The minimum Gasteiger partial charge on any atom is -0.458 e. The van der Waals surface area contributed by atoms with E-state index in [1.54, 1.807) is 41.5 Å². The first-order chi connectivity index (χ1) is 13.4. The Morgan fingerprint density at radius 1 is 1.00 bits per heavy atom. The molecule has 1 aliphatic rings. The molecule has 0 radical (unpaired) electrons. The third-order valence-electron chi connectivity index (χ3n) is 3.90. The van der Waals surface area contributed by atoms with E-state index >= 15 is 0 Å². The number of benzene rings is 1. The van der Waals surface area contributed by atoms with Gasteiger partial charge in [0.15, 0.2) is 0 Å². The molecule has 2 rings (SSSR count). The van der Waals surface area contributed by atoms with Crippen molar-refractivity contribution in [3.05, 3.63) is 35.9 Å². The lowest BCUT2D eigenvalue weighted by atomic mass is 9.90. The summed E-state index contributed by atoms with van der Waals surface area (Å²) in [5.41, 5.74) is -1.34. The standard InChI is InChI=1S/C15H27NO5.C7H8O/c1-13(2,3)20-11(17)15(7-9-19-10-8-15)16-12(18)21-14(4,5)6;8-6-7-4-2-1-3-5-7/h7-10H2,1-6H3,(H,16,18);1-5,8H,6H2. The normalized spacial score (nSPS) is 16.1. The fraction of sp³-hybridized carbons (Fsp3) is 0.636. The van der Waals surface area contributed by atoms with Crippen molar-refractivity contribution >= 4 is 12.1 Å². The molecule has 1 amide bonds. The number of aliphatic hydroxyl groups is 1. The van der Waals surface area contributed by atoms with Crippen LogP contribution in [0.3, 0.4) is 0 Å². The van der Waals surface area contributed by atoms with Crippen LogP contribution in [0.1, 0.15) is 59.9 Å². The maximum Gasteiger partial charge on any atom is 0.408 e. The summed E-state index contributed by atoms with van der Waals surface area (Å²) in [7, 11) is 0.